The summed E-state index contributed by atoms with van der Waals surface area (Å²) in [5, 5.41) is 8.27. The van der Waals surface area contributed by atoms with Crippen LogP contribution in [0.1, 0.15) is 49.5 Å². The van der Waals surface area contributed by atoms with Gasteiger partial charge in [-0.1, -0.05) is 56.3 Å². The third-order valence-corrected chi connectivity index (χ3v) is 7.60. The maximum Gasteiger partial charge on any atom is 0.256 e. The first-order valence-electron chi connectivity index (χ1n) is 13.7. The summed E-state index contributed by atoms with van der Waals surface area (Å²) < 4.78 is 0. The average Bonchev–Trinajstić information content (AvgIpc) is 3.43. The molecule has 10 heteroatoms. The molecule has 4 rings (SSSR count). The number of rotatable bonds is 3. The predicted octanol–water partition coefficient (Wildman–Crippen LogP) is 1.96. The molecule has 1 fully saturated rings. The highest BCUT2D eigenvalue weighted by molar-refractivity contribution is 6.07. The van der Waals surface area contributed by atoms with Crippen molar-refractivity contribution < 1.29 is 24.0 Å². The number of carbonyl (C=O) groups is 5. The van der Waals surface area contributed by atoms with Crippen LogP contribution in [0.2, 0.25) is 0 Å². The quantitative estimate of drug-likeness (QED) is 0.541. The number of nitrogens with one attached hydrogen (secondary N) is 3. The van der Waals surface area contributed by atoms with E-state index in [1.165, 1.54) is 9.80 Å². The van der Waals surface area contributed by atoms with Crippen molar-refractivity contribution in [2.45, 2.75) is 64.2 Å². The fraction of sp³-hybridized carbons (Fsp3) is 0.433. The Morgan fingerprint density at radius 2 is 1.55 bits per heavy atom. The second-order valence-electron chi connectivity index (χ2n) is 10.8. The summed E-state index contributed by atoms with van der Waals surface area (Å²) >= 11 is 0. The molecule has 0 aliphatic carbocycles. The standard InChI is InChI=1S/C30H37N5O5/c1-18(2)25-28(38)32-22-14-9-8-13-21(22)29(39)35-16-10-15-23(35)30(40)34(4)24(17-20-11-6-5-7-12-20)27(37)31-19(3)26(36)33-25/h5-9,11-14,18-19,23-25H,10,15-17H2,1-4H3,(H,31,37)(H,32,38)(H,33,36)/t19-,23+,24-,25?/m1/s1. The van der Waals surface area contributed by atoms with Gasteiger partial charge in [-0.2, -0.15) is 0 Å². The van der Waals surface area contributed by atoms with E-state index in [1.807, 2.05) is 30.3 Å². The lowest BCUT2D eigenvalue weighted by molar-refractivity contribution is -0.142. The molecule has 1 unspecified atom stereocenters. The summed E-state index contributed by atoms with van der Waals surface area (Å²) in [6, 6.07) is 12.4. The normalized spacial score (nSPS) is 24.8. The van der Waals surface area contributed by atoms with Gasteiger partial charge in [-0.15, -0.1) is 0 Å². The first-order chi connectivity index (χ1) is 19.1. The largest absolute Gasteiger partial charge is 0.343 e. The van der Waals surface area contributed by atoms with Crippen LogP contribution in [-0.2, 0) is 25.6 Å². The van der Waals surface area contributed by atoms with E-state index < -0.39 is 41.9 Å². The zero-order chi connectivity index (χ0) is 29.0. The molecule has 3 N–H and O–H groups in total. The van der Waals surface area contributed by atoms with Crippen LogP contribution in [0.4, 0.5) is 5.69 Å². The molecule has 10 nitrogen and oxygen atoms in total. The van der Waals surface area contributed by atoms with E-state index >= 15 is 0 Å². The van der Waals surface area contributed by atoms with E-state index in [4.69, 9.17) is 0 Å². The molecule has 0 aromatic heterocycles. The number of hydrogen-bond donors (Lipinski definition) is 3. The van der Waals surface area contributed by atoms with Gasteiger partial charge in [-0.3, -0.25) is 24.0 Å². The van der Waals surface area contributed by atoms with E-state index in [-0.39, 0.29) is 29.7 Å². The van der Waals surface area contributed by atoms with E-state index in [9.17, 15) is 24.0 Å². The molecule has 2 aliphatic heterocycles. The number of carbonyl (C=O) groups excluding carboxylic acids is 5. The second-order valence-corrected chi connectivity index (χ2v) is 10.8. The fourth-order valence-corrected chi connectivity index (χ4v) is 5.23. The van der Waals surface area contributed by atoms with Gasteiger partial charge >= 0.3 is 0 Å². The lowest BCUT2D eigenvalue weighted by Crippen LogP contribution is -2.58. The minimum atomic E-state index is -0.965. The molecule has 40 heavy (non-hydrogen) atoms. The van der Waals surface area contributed by atoms with Crippen molar-refractivity contribution in [1.29, 1.82) is 0 Å². The van der Waals surface area contributed by atoms with Gasteiger partial charge in [0.1, 0.15) is 24.2 Å². The Morgan fingerprint density at radius 3 is 2.25 bits per heavy atom. The van der Waals surface area contributed by atoms with Crippen molar-refractivity contribution in [3.8, 4) is 0 Å². The molecule has 0 spiro atoms. The molecule has 4 atom stereocenters. The smallest absolute Gasteiger partial charge is 0.256 e. The summed E-state index contributed by atoms with van der Waals surface area (Å²) in [6.45, 7) is 5.52. The SMILES string of the molecule is CC(C)C1NC(=O)[C@@H](C)NC(=O)[C@@H](Cc2ccccc2)N(C)C(=O)[C@@H]2CCCN2C(=O)c2ccccc2NC1=O. The summed E-state index contributed by atoms with van der Waals surface area (Å²) in [7, 11) is 1.56. The third-order valence-electron chi connectivity index (χ3n) is 7.60. The van der Waals surface area contributed by atoms with Gasteiger partial charge in [0.2, 0.25) is 23.6 Å². The number of anilines is 1. The van der Waals surface area contributed by atoms with Crippen LogP contribution in [0, 0.1) is 5.92 Å². The van der Waals surface area contributed by atoms with Crippen molar-refractivity contribution in [2.75, 3.05) is 18.9 Å². The Morgan fingerprint density at radius 1 is 0.875 bits per heavy atom. The summed E-state index contributed by atoms with van der Waals surface area (Å²) in [5.74, 6) is -2.52. The molecule has 0 saturated carbocycles. The van der Waals surface area contributed by atoms with Crippen LogP contribution in [-0.4, -0.2) is 77.1 Å². The van der Waals surface area contributed by atoms with Gasteiger partial charge in [0.15, 0.2) is 0 Å². The lowest BCUT2D eigenvalue weighted by atomic mass is 10.0. The molecule has 2 aromatic rings. The number of fused-ring (bicyclic) bond motifs is 2. The fourth-order valence-electron chi connectivity index (χ4n) is 5.23. The van der Waals surface area contributed by atoms with Gasteiger partial charge < -0.3 is 25.8 Å². The van der Waals surface area contributed by atoms with Crippen molar-refractivity contribution in [3.05, 3.63) is 65.7 Å². The highest BCUT2D eigenvalue weighted by atomic mass is 16.2. The minimum absolute atomic E-state index is 0.226. The first kappa shape index (κ1) is 28.8. The number of para-hydroxylation sites is 1. The van der Waals surface area contributed by atoms with Gasteiger partial charge in [-0.25, -0.2) is 0 Å². The second kappa shape index (κ2) is 12.3. The topological polar surface area (TPSA) is 128 Å². The Kier molecular flexibility index (Phi) is 8.86. The van der Waals surface area contributed by atoms with Crippen molar-refractivity contribution >= 4 is 35.2 Å². The minimum Gasteiger partial charge on any atom is -0.343 e. The Balaban J connectivity index is 1.76. The molecule has 0 radical (unpaired) electrons. The number of benzene rings is 2. The molecule has 5 amide bonds. The summed E-state index contributed by atoms with van der Waals surface area (Å²) in [6.07, 6.45) is 1.31. The molecular weight excluding hydrogens is 510 g/mol. The number of likely N-dealkylation sites (N-methyl/N-ethyl adjacent to an activating group) is 1. The molecule has 212 valence electrons. The number of hydrogen-bond acceptors (Lipinski definition) is 5. The molecule has 2 heterocycles. The van der Waals surface area contributed by atoms with Crippen LogP contribution in [0.15, 0.2) is 54.6 Å². The number of amides is 5. The highest BCUT2D eigenvalue weighted by Gasteiger charge is 2.40. The van der Waals surface area contributed by atoms with Gasteiger partial charge in [0.25, 0.3) is 5.91 Å². The first-order valence-corrected chi connectivity index (χ1v) is 13.7. The van der Waals surface area contributed by atoms with Crippen molar-refractivity contribution in [1.82, 2.24) is 20.4 Å². The molecule has 0 bridgehead atoms. The van der Waals surface area contributed by atoms with Gasteiger partial charge in [0, 0.05) is 20.0 Å². The van der Waals surface area contributed by atoms with E-state index in [1.54, 1.807) is 52.1 Å². The zero-order valence-corrected chi connectivity index (χ0v) is 23.3. The van der Waals surface area contributed by atoms with E-state index in [2.05, 4.69) is 16.0 Å². The Bertz CT molecular complexity index is 1280. The van der Waals surface area contributed by atoms with Crippen molar-refractivity contribution in [3.63, 3.8) is 0 Å². The van der Waals surface area contributed by atoms with Gasteiger partial charge in [0.05, 0.1) is 11.3 Å². The molecular formula is C30H37N5O5. The summed E-state index contributed by atoms with van der Waals surface area (Å²) in [4.78, 5) is 70.5. The average molecular weight is 548 g/mol. The Hall–Kier alpha value is -4.21. The van der Waals surface area contributed by atoms with E-state index in [0.717, 1.165) is 5.56 Å². The van der Waals surface area contributed by atoms with Crippen LogP contribution in [0.5, 0.6) is 0 Å². The van der Waals surface area contributed by atoms with E-state index in [0.29, 0.717) is 25.1 Å². The molecule has 1 saturated heterocycles. The van der Waals surface area contributed by atoms with Gasteiger partial charge in [-0.05, 0) is 43.4 Å². The zero-order valence-electron chi connectivity index (χ0n) is 23.3. The Labute approximate surface area is 234 Å². The maximum atomic E-state index is 13.8. The number of nitrogens with zero attached hydrogens (tertiary/aromatic N) is 2. The summed E-state index contributed by atoms with van der Waals surface area (Å²) in [5.41, 5.74) is 1.41. The third kappa shape index (κ3) is 6.16. The molecule has 2 aliphatic rings. The van der Waals surface area contributed by atoms with Crippen LogP contribution < -0.4 is 16.0 Å². The highest BCUT2D eigenvalue weighted by Crippen LogP contribution is 2.26. The van der Waals surface area contributed by atoms with Crippen LogP contribution in [0.3, 0.4) is 0 Å². The monoisotopic (exact) mass is 547 g/mol. The lowest BCUT2D eigenvalue weighted by Gasteiger charge is -2.34. The van der Waals surface area contributed by atoms with Crippen LogP contribution in [0.25, 0.3) is 0 Å². The molecule has 2 aromatic carbocycles. The van der Waals surface area contributed by atoms with Crippen LogP contribution >= 0.6 is 0 Å². The predicted molar refractivity (Wildman–Crippen MR) is 150 cm³/mol. The maximum absolute atomic E-state index is 13.8. The van der Waals surface area contributed by atoms with Crippen molar-refractivity contribution in [2.24, 2.45) is 5.92 Å².